The van der Waals surface area contributed by atoms with Crippen molar-refractivity contribution in [2.45, 2.75) is 42.0 Å². The Balaban J connectivity index is 1.40. The van der Waals surface area contributed by atoms with Gasteiger partial charge in [-0.3, -0.25) is 4.72 Å². The lowest BCUT2D eigenvalue weighted by atomic mass is 9.91. The predicted octanol–water partition coefficient (Wildman–Crippen LogP) is 5.96. The van der Waals surface area contributed by atoms with Gasteiger partial charge in [0.05, 0.1) is 28.7 Å². The zero-order valence-corrected chi connectivity index (χ0v) is 23.0. The second-order valence-corrected chi connectivity index (χ2v) is 12.1. The topological polar surface area (TPSA) is 97.8 Å². The molecule has 202 valence electrons. The molecule has 0 aliphatic carbocycles. The number of pyridine rings is 1. The number of nitrogens with zero attached hydrogens (tertiary/aromatic N) is 1. The van der Waals surface area contributed by atoms with Gasteiger partial charge >= 0.3 is 0 Å². The summed E-state index contributed by atoms with van der Waals surface area (Å²) in [7, 11) is -3.74. The summed E-state index contributed by atoms with van der Waals surface area (Å²) in [5.74, 6) is 0.695. The standard InChI is InChI=1S/C30H30N2O5S2/c1-21-27(20-38-28-12-5-6-17-31-28)36-30(37-29(21)23-15-13-22(19-33)14-16-23)24-8-7-9-25(18-24)32-39(34,35)26-10-3-2-4-11-26/h2-18,21,27,29-30,32-33H,19-20H2,1H3/t21-,27+,29+,30?/m0/s1. The fourth-order valence-corrected chi connectivity index (χ4v) is 6.57. The molecule has 9 heteroatoms. The molecule has 2 heterocycles. The van der Waals surface area contributed by atoms with Crippen LogP contribution in [0.1, 0.15) is 36.0 Å². The molecule has 1 saturated heterocycles. The van der Waals surface area contributed by atoms with E-state index in [-0.39, 0.29) is 29.6 Å². The maximum absolute atomic E-state index is 12.9. The van der Waals surface area contributed by atoms with Crippen molar-refractivity contribution < 1.29 is 23.0 Å². The van der Waals surface area contributed by atoms with Crippen LogP contribution in [0.2, 0.25) is 0 Å². The molecule has 0 saturated carbocycles. The second-order valence-electron chi connectivity index (χ2n) is 9.34. The molecule has 0 radical (unpaired) electrons. The molecule has 0 bridgehead atoms. The molecule has 1 aliphatic rings. The van der Waals surface area contributed by atoms with Crippen molar-refractivity contribution >= 4 is 27.5 Å². The molecule has 7 nitrogen and oxygen atoms in total. The number of hydrogen-bond donors (Lipinski definition) is 2. The summed E-state index contributed by atoms with van der Waals surface area (Å²) in [6.07, 6.45) is 0.630. The van der Waals surface area contributed by atoms with Gasteiger partial charge in [0.1, 0.15) is 0 Å². The molecule has 1 aliphatic heterocycles. The van der Waals surface area contributed by atoms with Gasteiger partial charge in [-0.2, -0.15) is 0 Å². The molecule has 4 aromatic rings. The van der Waals surface area contributed by atoms with Gasteiger partial charge in [0.2, 0.25) is 0 Å². The first-order chi connectivity index (χ1) is 18.9. The van der Waals surface area contributed by atoms with E-state index in [2.05, 4.69) is 16.6 Å². The van der Waals surface area contributed by atoms with Gasteiger partial charge in [-0.25, -0.2) is 13.4 Å². The Bertz CT molecular complexity index is 1470. The summed E-state index contributed by atoms with van der Waals surface area (Å²) < 4.78 is 41.4. The minimum atomic E-state index is -3.74. The lowest BCUT2D eigenvalue weighted by Gasteiger charge is -2.41. The molecule has 3 aromatic carbocycles. The number of hydrogen-bond acceptors (Lipinski definition) is 7. The van der Waals surface area contributed by atoms with Crippen LogP contribution >= 0.6 is 11.8 Å². The lowest BCUT2D eigenvalue weighted by molar-refractivity contribution is -0.268. The fourth-order valence-electron chi connectivity index (χ4n) is 4.47. The summed E-state index contributed by atoms with van der Waals surface area (Å²) in [4.78, 5) is 4.61. The molecule has 1 fully saturated rings. The van der Waals surface area contributed by atoms with Gasteiger partial charge in [-0.1, -0.05) is 67.6 Å². The number of thioether (sulfide) groups is 1. The van der Waals surface area contributed by atoms with E-state index < -0.39 is 16.3 Å². The van der Waals surface area contributed by atoms with Gasteiger partial charge in [0, 0.05) is 29.1 Å². The first-order valence-corrected chi connectivity index (χ1v) is 15.1. The summed E-state index contributed by atoms with van der Waals surface area (Å²) in [6.45, 7) is 2.08. The zero-order chi connectivity index (χ0) is 27.2. The van der Waals surface area contributed by atoms with E-state index in [9.17, 15) is 13.5 Å². The van der Waals surface area contributed by atoms with Crippen LogP contribution in [-0.4, -0.2) is 30.4 Å². The van der Waals surface area contributed by atoms with E-state index in [1.807, 2.05) is 48.5 Å². The van der Waals surface area contributed by atoms with Gasteiger partial charge in [-0.05, 0) is 47.5 Å². The SMILES string of the molecule is C[C@H]1[C@@H](CSc2ccccn2)OC(c2cccc(NS(=O)(=O)c3ccccc3)c2)O[C@H]1c1ccc(CO)cc1. The lowest BCUT2D eigenvalue weighted by Crippen LogP contribution is -2.38. The van der Waals surface area contributed by atoms with E-state index >= 15 is 0 Å². The van der Waals surface area contributed by atoms with Crippen LogP contribution < -0.4 is 4.72 Å². The number of rotatable bonds is 9. The average molecular weight is 563 g/mol. The minimum absolute atomic E-state index is 0.0252. The molecule has 4 atom stereocenters. The molecule has 0 amide bonds. The second kappa shape index (κ2) is 12.3. The van der Waals surface area contributed by atoms with Crippen LogP contribution in [0.4, 0.5) is 5.69 Å². The van der Waals surface area contributed by atoms with Crippen LogP contribution in [0.3, 0.4) is 0 Å². The Hall–Kier alpha value is -3.21. The molecule has 0 spiro atoms. The average Bonchev–Trinajstić information content (AvgIpc) is 2.97. The number of benzene rings is 3. The number of aliphatic hydroxyl groups is 1. The van der Waals surface area contributed by atoms with Crippen molar-refractivity contribution in [3.63, 3.8) is 0 Å². The number of aromatic nitrogens is 1. The van der Waals surface area contributed by atoms with Crippen molar-refractivity contribution in [3.8, 4) is 0 Å². The third kappa shape index (κ3) is 6.69. The highest BCUT2D eigenvalue weighted by Gasteiger charge is 2.38. The maximum atomic E-state index is 12.9. The Labute approximate surface area is 233 Å². The number of nitrogens with one attached hydrogen (secondary N) is 1. The van der Waals surface area contributed by atoms with Crippen LogP contribution in [0.25, 0.3) is 0 Å². The molecule has 5 rings (SSSR count). The normalized spacial score (nSPS) is 21.4. The summed E-state index contributed by atoms with van der Waals surface area (Å²) in [5.41, 5.74) is 2.95. The van der Waals surface area contributed by atoms with Crippen molar-refractivity contribution in [1.29, 1.82) is 0 Å². The summed E-state index contributed by atoms with van der Waals surface area (Å²) in [5, 5.41) is 10.4. The molecular formula is C30H30N2O5S2. The van der Waals surface area contributed by atoms with Crippen LogP contribution in [-0.2, 0) is 26.1 Å². The number of anilines is 1. The Kier molecular flexibility index (Phi) is 8.64. The fraction of sp³-hybridized carbons (Fsp3) is 0.233. The summed E-state index contributed by atoms with van der Waals surface area (Å²) >= 11 is 1.62. The quantitative estimate of drug-likeness (QED) is 0.243. The molecule has 1 aromatic heterocycles. The smallest absolute Gasteiger partial charge is 0.261 e. The van der Waals surface area contributed by atoms with Crippen molar-refractivity contribution in [3.05, 3.63) is 120 Å². The largest absolute Gasteiger partial charge is 0.392 e. The van der Waals surface area contributed by atoms with E-state index in [1.165, 1.54) is 0 Å². The molecule has 2 N–H and O–H groups in total. The number of sulfonamides is 1. The molecule has 39 heavy (non-hydrogen) atoms. The van der Waals surface area contributed by atoms with Gasteiger partial charge in [0.25, 0.3) is 10.0 Å². The highest BCUT2D eigenvalue weighted by molar-refractivity contribution is 7.99. The first-order valence-electron chi connectivity index (χ1n) is 12.7. The monoisotopic (exact) mass is 562 g/mol. The highest BCUT2D eigenvalue weighted by Crippen LogP contribution is 2.43. The maximum Gasteiger partial charge on any atom is 0.261 e. The number of aliphatic hydroxyl groups excluding tert-OH is 1. The van der Waals surface area contributed by atoms with Gasteiger partial charge < -0.3 is 14.6 Å². The van der Waals surface area contributed by atoms with E-state index in [1.54, 1.807) is 66.5 Å². The van der Waals surface area contributed by atoms with Crippen LogP contribution in [0, 0.1) is 5.92 Å². The van der Waals surface area contributed by atoms with E-state index in [4.69, 9.17) is 9.47 Å². The van der Waals surface area contributed by atoms with Crippen molar-refractivity contribution in [1.82, 2.24) is 4.98 Å². The van der Waals surface area contributed by atoms with Crippen molar-refractivity contribution in [2.75, 3.05) is 10.5 Å². The third-order valence-corrected chi connectivity index (χ3v) is 9.05. The Morgan fingerprint density at radius 2 is 1.67 bits per heavy atom. The van der Waals surface area contributed by atoms with Crippen LogP contribution in [0.15, 0.2) is 113 Å². The van der Waals surface area contributed by atoms with Gasteiger partial charge in [-0.15, -0.1) is 11.8 Å². The first kappa shape index (κ1) is 27.4. The van der Waals surface area contributed by atoms with Crippen molar-refractivity contribution in [2.24, 2.45) is 5.92 Å². The molecular weight excluding hydrogens is 532 g/mol. The number of ether oxygens (including phenoxy) is 2. The summed E-state index contributed by atoms with van der Waals surface area (Å²) in [6, 6.07) is 28.9. The Morgan fingerprint density at radius 3 is 2.38 bits per heavy atom. The van der Waals surface area contributed by atoms with Crippen LogP contribution in [0.5, 0.6) is 0 Å². The van der Waals surface area contributed by atoms with E-state index in [0.29, 0.717) is 17.0 Å². The Morgan fingerprint density at radius 1 is 0.897 bits per heavy atom. The third-order valence-electron chi connectivity index (χ3n) is 6.62. The molecule has 1 unspecified atom stereocenters. The van der Waals surface area contributed by atoms with Gasteiger partial charge in [0.15, 0.2) is 6.29 Å². The minimum Gasteiger partial charge on any atom is -0.392 e. The van der Waals surface area contributed by atoms with E-state index in [0.717, 1.165) is 16.2 Å². The predicted molar refractivity (Wildman–Crippen MR) is 152 cm³/mol. The zero-order valence-electron chi connectivity index (χ0n) is 21.4. The highest BCUT2D eigenvalue weighted by atomic mass is 32.2.